The molecule has 1 aromatic carbocycles. The fraction of sp³-hybridized carbons (Fsp3) is 0.267. The summed E-state index contributed by atoms with van der Waals surface area (Å²) in [4.78, 5) is 12.6. The number of carbonyl (C=O) groups is 1. The van der Waals surface area contributed by atoms with E-state index in [0.29, 0.717) is 17.0 Å². The summed E-state index contributed by atoms with van der Waals surface area (Å²) in [5.41, 5.74) is 3.14. The van der Waals surface area contributed by atoms with E-state index in [1.807, 2.05) is 25.1 Å². The van der Waals surface area contributed by atoms with Crippen LogP contribution in [-0.2, 0) is 0 Å². The van der Waals surface area contributed by atoms with E-state index in [1.54, 1.807) is 6.92 Å². The lowest BCUT2D eigenvalue weighted by molar-refractivity contribution is 0.102. The van der Waals surface area contributed by atoms with Crippen LogP contribution in [0.15, 0.2) is 18.2 Å². The fourth-order valence-corrected chi connectivity index (χ4v) is 2.27. The first-order valence-corrected chi connectivity index (χ1v) is 7.20. The average molecular weight is 301 g/mol. The third kappa shape index (κ3) is 3.88. The Morgan fingerprint density at radius 2 is 2.24 bits per heavy atom. The molecule has 1 aromatic heterocycles. The van der Waals surface area contributed by atoms with E-state index in [9.17, 15) is 4.79 Å². The molecule has 0 atom stereocenters. The molecule has 0 aliphatic carbocycles. The highest BCUT2D eigenvalue weighted by atomic mass is 32.1. The molecule has 5 nitrogen and oxygen atoms in total. The largest absolute Gasteiger partial charge is 0.395 e. The molecule has 6 heteroatoms. The zero-order valence-corrected chi connectivity index (χ0v) is 12.6. The SMILES string of the molecule is Cc1cc(C#CCCO)ccc1NC(=O)c1snnc1C. The van der Waals surface area contributed by atoms with E-state index in [1.165, 1.54) is 0 Å². The van der Waals surface area contributed by atoms with Gasteiger partial charge in [0, 0.05) is 17.7 Å². The number of aromatic nitrogens is 2. The minimum atomic E-state index is -0.204. The van der Waals surface area contributed by atoms with Crippen molar-refractivity contribution in [2.75, 3.05) is 11.9 Å². The molecule has 1 amide bonds. The molecule has 21 heavy (non-hydrogen) atoms. The Hall–Kier alpha value is -2.23. The molecule has 2 rings (SSSR count). The van der Waals surface area contributed by atoms with Crippen molar-refractivity contribution in [3.8, 4) is 11.8 Å². The second kappa shape index (κ2) is 6.97. The van der Waals surface area contributed by atoms with Crippen LogP contribution in [0.3, 0.4) is 0 Å². The summed E-state index contributed by atoms with van der Waals surface area (Å²) in [5, 5.41) is 15.4. The van der Waals surface area contributed by atoms with E-state index in [4.69, 9.17) is 5.11 Å². The van der Waals surface area contributed by atoms with Gasteiger partial charge in [-0.1, -0.05) is 16.3 Å². The quantitative estimate of drug-likeness (QED) is 0.852. The van der Waals surface area contributed by atoms with Crippen molar-refractivity contribution >= 4 is 23.1 Å². The number of aliphatic hydroxyl groups is 1. The zero-order chi connectivity index (χ0) is 15.2. The van der Waals surface area contributed by atoms with E-state index in [0.717, 1.165) is 28.3 Å². The Morgan fingerprint density at radius 1 is 1.43 bits per heavy atom. The van der Waals surface area contributed by atoms with Gasteiger partial charge in [-0.05, 0) is 49.1 Å². The van der Waals surface area contributed by atoms with E-state index in [2.05, 4.69) is 26.7 Å². The molecule has 0 spiro atoms. The summed E-state index contributed by atoms with van der Waals surface area (Å²) in [6.07, 6.45) is 0.454. The third-order valence-electron chi connectivity index (χ3n) is 2.80. The minimum Gasteiger partial charge on any atom is -0.395 e. The van der Waals surface area contributed by atoms with E-state index < -0.39 is 0 Å². The molecule has 0 aliphatic rings. The first kappa shape index (κ1) is 15.2. The van der Waals surface area contributed by atoms with Gasteiger partial charge in [0.15, 0.2) is 0 Å². The molecule has 0 saturated heterocycles. The van der Waals surface area contributed by atoms with Crippen molar-refractivity contribution in [2.24, 2.45) is 0 Å². The van der Waals surface area contributed by atoms with Gasteiger partial charge >= 0.3 is 0 Å². The number of aryl methyl sites for hydroxylation is 2. The van der Waals surface area contributed by atoms with Crippen molar-refractivity contribution in [3.63, 3.8) is 0 Å². The number of benzene rings is 1. The van der Waals surface area contributed by atoms with Crippen molar-refractivity contribution in [2.45, 2.75) is 20.3 Å². The smallest absolute Gasteiger partial charge is 0.269 e. The highest BCUT2D eigenvalue weighted by Crippen LogP contribution is 2.18. The lowest BCUT2D eigenvalue weighted by Crippen LogP contribution is -2.12. The molecule has 108 valence electrons. The van der Waals surface area contributed by atoms with E-state index >= 15 is 0 Å². The standard InChI is InChI=1S/C15H15N3O2S/c1-10-9-12(5-3-4-8-19)6-7-13(10)16-15(20)14-11(2)17-18-21-14/h6-7,9,19H,4,8H2,1-2H3,(H,16,20). The number of carbonyl (C=O) groups excluding carboxylic acids is 1. The molecule has 2 N–H and O–H groups in total. The number of hydrogen-bond donors (Lipinski definition) is 2. The Morgan fingerprint density at radius 3 is 2.86 bits per heavy atom. The Balaban J connectivity index is 2.13. The molecule has 0 unspecified atom stereocenters. The molecule has 0 aliphatic heterocycles. The Labute approximate surface area is 127 Å². The van der Waals surface area contributed by atoms with Gasteiger partial charge in [-0.3, -0.25) is 4.79 Å². The molecule has 0 bridgehead atoms. The topological polar surface area (TPSA) is 75.1 Å². The van der Waals surface area contributed by atoms with Crippen LogP contribution < -0.4 is 5.32 Å². The van der Waals surface area contributed by atoms with Crippen molar-refractivity contribution in [3.05, 3.63) is 39.9 Å². The molecule has 0 saturated carbocycles. The van der Waals surface area contributed by atoms with Crippen LogP contribution >= 0.6 is 11.5 Å². The lowest BCUT2D eigenvalue weighted by atomic mass is 10.1. The monoisotopic (exact) mass is 301 g/mol. The summed E-state index contributed by atoms with van der Waals surface area (Å²) in [5.74, 6) is 5.63. The molecule has 0 fully saturated rings. The van der Waals surface area contributed by atoms with Gasteiger partial charge in [0.2, 0.25) is 0 Å². The highest BCUT2D eigenvalue weighted by Gasteiger charge is 2.14. The number of aliphatic hydroxyl groups excluding tert-OH is 1. The molecular weight excluding hydrogens is 286 g/mol. The van der Waals surface area contributed by atoms with Crippen molar-refractivity contribution in [1.82, 2.24) is 9.59 Å². The third-order valence-corrected chi connectivity index (χ3v) is 3.63. The van der Waals surface area contributed by atoms with Crippen LogP contribution in [0.25, 0.3) is 0 Å². The molecular formula is C15H15N3O2S. The minimum absolute atomic E-state index is 0.0579. The number of rotatable bonds is 3. The molecule has 2 aromatic rings. The first-order valence-electron chi connectivity index (χ1n) is 6.42. The normalized spacial score (nSPS) is 9.86. The van der Waals surface area contributed by atoms with Gasteiger partial charge in [-0.15, -0.1) is 5.10 Å². The molecule has 0 radical (unpaired) electrons. The van der Waals surface area contributed by atoms with Crippen LogP contribution in [0.1, 0.15) is 32.9 Å². The Kier molecular flexibility index (Phi) is 5.04. The maximum Gasteiger partial charge on any atom is 0.269 e. The summed E-state index contributed by atoms with van der Waals surface area (Å²) < 4.78 is 3.75. The van der Waals surface area contributed by atoms with E-state index in [-0.39, 0.29) is 12.5 Å². The van der Waals surface area contributed by atoms with Crippen LogP contribution in [0.4, 0.5) is 5.69 Å². The van der Waals surface area contributed by atoms with Crippen LogP contribution in [-0.4, -0.2) is 27.2 Å². The Bertz CT molecular complexity index is 713. The number of nitrogens with zero attached hydrogens (tertiary/aromatic N) is 2. The number of nitrogens with one attached hydrogen (secondary N) is 1. The molecule has 1 heterocycles. The summed E-state index contributed by atoms with van der Waals surface area (Å²) in [7, 11) is 0. The highest BCUT2D eigenvalue weighted by molar-refractivity contribution is 7.08. The van der Waals surface area contributed by atoms with Crippen molar-refractivity contribution in [1.29, 1.82) is 0 Å². The van der Waals surface area contributed by atoms with Gasteiger partial charge in [0.05, 0.1) is 12.3 Å². The van der Waals surface area contributed by atoms with Gasteiger partial charge in [0.25, 0.3) is 5.91 Å². The van der Waals surface area contributed by atoms with Gasteiger partial charge < -0.3 is 10.4 Å². The maximum atomic E-state index is 12.1. The van der Waals surface area contributed by atoms with Crippen LogP contribution in [0.5, 0.6) is 0 Å². The van der Waals surface area contributed by atoms with Gasteiger partial charge in [-0.25, -0.2) is 0 Å². The number of amides is 1. The zero-order valence-electron chi connectivity index (χ0n) is 11.8. The summed E-state index contributed by atoms with van der Waals surface area (Å²) in [6.45, 7) is 3.72. The summed E-state index contributed by atoms with van der Waals surface area (Å²) in [6, 6.07) is 5.56. The predicted octanol–water partition coefficient (Wildman–Crippen LogP) is 2.14. The van der Waals surface area contributed by atoms with Crippen LogP contribution in [0.2, 0.25) is 0 Å². The lowest BCUT2D eigenvalue weighted by Gasteiger charge is -2.07. The number of anilines is 1. The maximum absolute atomic E-state index is 12.1. The first-order chi connectivity index (χ1) is 10.1. The predicted molar refractivity (Wildman–Crippen MR) is 82.4 cm³/mol. The number of hydrogen-bond acceptors (Lipinski definition) is 5. The van der Waals surface area contributed by atoms with Gasteiger partial charge in [0.1, 0.15) is 4.88 Å². The average Bonchev–Trinajstić information content (AvgIpc) is 2.88. The van der Waals surface area contributed by atoms with Crippen LogP contribution in [0, 0.1) is 25.7 Å². The summed E-state index contributed by atoms with van der Waals surface area (Å²) >= 11 is 1.08. The second-order valence-corrected chi connectivity index (χ2v) is 5.20. The van der Waals surface area contributed by atoms with Crippen molar-refractivity contribution < 1.29 is 9.90 Å². The van der Waals surface area contributed by atoms with Gasteiger partial charge in [-0.2, -0.15) is 0 Å². The fourth-order valence-electron chi connectivity index (χ4n) is 1.72. The second-order valence-electron chi connectivity index (χ2n) is 4.45.